The van der Waals surface area contributed by atoms with Gasteiger partial charge in [0.2, 0.25) is 5.91 Å². The van der Waals surface area contributed by atoms with Gasteiger partial charge in [0, 0.05) is 17.1 Å². The first kappa shape index (κ1) is 10.1. The van der Waals surface area contributed by atoms with Gasteiger partial charge in [-0.15, -0.1) is 11.8 Å². The molecule has 0 heterocycles. The Morgan fingerprint density at radius 1 is 1.38 bits per heavy atom. The van der Waals surface area contributed by atoms with Crippen molar-refractivity contribution in [3.8, 4) is 0 Å². The number of carbonyl (C=O) groups excluding carboxylic acids is 1. The first-order chi connectivity index (χ1) is 6.18. The number of rotatable bonds is 4. The molecule has 2 nitrogen and oxygen atoms in total. The summed E-state index contributed by atoms with van der Waals surface area (Å²) in [5, 5.41) is 0. The number of primary amides is 1. The van der Waals surface area contributed by atoms with Crippen molar-refractivity contribution in [2.45, 2.75) is 18.2 Å². The second-order valence-electron chi connectivity index (χ2n) is 2.88. The van der Waals surface area contributed by atoms with Crippen molar-refractivity contribution in [2.75, 3.05) is 5.75 Å². The summed E-state index contributed by atoms with van der Waals surface area (Å²) in [4.78, 5) is 11.6. The van der Waals surface area contributed by atoms with Crippen LogP contribution in [0, 0.1) is 6.92 Å². The Bertz CT molecular complexity index is 281. The summed E-state index contributed by atoms with van der Waals surface area (Å²) in [6, 6.07) is 8.24. The number of hydrogen-bond donors (Lipinski definition) is 1. The maximum atomic E-state index is 10.5. The van der Waals surface area contributed by atoms with Gasteiger partial charge in [-0.2, -0.15) is 0 Å². The quantitative estimate of drug-likeness (QED) is 0.746. The lowest BCUT2D eigenvalue weighted by molar-refractivity contribution is -0.117. The van der Waals surface area contributed by atoms with E-state index in [4.69, 9.17) is 5.73 Å². The second kappa shape index (κ2) is 4.92. The molecule has 13 heavy (non-hydrogen) atoms. The highest BCUT2D eigenvalue weighted by molar-refractivity contribution is 7.99. The zero-order chi connectivity index (χ0) is 9.68. The fraction of sp³-hybridized carbons (Fsp3) is 0.300. The van der Waals surface area contributed by atoms with Crippen molar-refractivity contribution in [2.24, 2.45) is 5.73 Å². The summed E-state index contributed by atoms with van der Waals surface area (Å²) in [5.74, 6) is 0.526. The van der Waals surface area contributed by atoms with Gasteiger partial charge >= 0.3 is 0 Å². The van der Waals surface area contributed by atoms with Crippen LogP contribution >= 0.6 is 11.8 Å². The third kappa shape index (κ3) is 3.99. The summed E-state index contributed by atoms with van der Waals surface area (Å²) >= 11 is 1.66. The van der Waals surface area contributed by atoms with Crippen molar-refractivity contribution < 1.29 is 4.79 Å². The van der Waals surface area contributed by atoms with E-state index in [0.717, 1.165) is 5.75 Å². The molecule has 0 bridgehead atoms. The molecule has 3 heteroatoms. The monoisotopic (exact) mass is 195 g/mol. The predicted octanol–water partition coefficient (Wildman–Crippen LogP) is 1.96. The van der Waals surface area contributed by atoms with Crippen molar-refractivity contribution in [1.29, 1.82) is 0 Å². The molecule has 0 saturated heterocycles. The van der Waals surface area contributed by atoms with Gasteiger partial charge in [0.15, 0.2) is 0 Å². The number of carbonyl (C=O) groups is 1. The van der Waals surface area contributed by atoms with E-state index in [1.54, 1.807) is 11.8 Å². The van der Waals surface area contributed by atoms with E-state index in [0.29, 0.717) is 6.42 Å². The second-order valence-corrected chi connectivity index (χ2v) is 4.05. The van der Waals surface area contributed by atoms with Gasteiger partial charge in [-0.05, 0) is 19.1 Å². The molecule has 0 aliphatic heterocycles. The molecule has 0 aliphatic rings. The van der Waals surface area contributed by atoms with Crippen molar-refractivity contribution in [1.82, 2.24) is 0 Å². The molecule has 0 saturated carbocycles. The van der Waals surface area contributed by atoms with Crippen LogP contribution in [0.25, 0.3) is 0 Å². The number of thioether (sulfide) groups is 1. The molecule has 1 aromatic carbocycles. The van der Waals surface area contributed by atoms with E-state index in [1.807, 2.05) is 0 Å². The van der Waals surface area contributed by atoms with Crippen molar-refractivity contribution in [3.05, 3.63) is 29.8 Å². The van der Waals surface area contributed by atoms with Crippen LogP contribution in [0.1, 0.15) is 12.0 Å². The molecular formula is C10H13NOS. The van der Waals surface area contributed by atoms with Gasteiger partial charge in [0.25, 0.3) is 0 Å². The fourth-order valence-corrected chi connectivity index (χ4v) is 1.77. The molecule has 70 valence electrons. The Hall–Kier alpha value is -0.960. The molecule has 0 spiro atoms. The minimum atomic E-state index is -0.236. The molecule has 0 fully saturated rings. The molecular weight excluding hydrogens is 182 g/mol. The molecule has 0 aliphatic carbocycles. The normalized spacial score (nSPS) is 9.92. The molecule has 1 rings (SSSR count). The van der Waals surface area contributed by atoms with Gasteiger partial charge in [0.05, 0.1) is 0 Å². The molecule has 1 aromatic rings. The Morgan fingerprint density at radius 2 is 2.00 bits per heavy atom. The lowest BCUT2D eigenvalue weighted by Crippen LogP contribution is -2.10. The number of amides is 1. The third-order valence-electron chi connectivity index (χ3n) is 1.64. The van der Waals surface area contributed by atoms with E-state index < -0.39 is 0 Å². The van der Waals surface area contributed by atoms with Gasteiger partial charge < -0.3 is 5.73 Å². The lowest BCUT2D eigenvalue weighted by Gasteiger charge is -1.99. The summed E-state index contributed by atoms with van der Waals surface area (Å²) < 4.78 is 0. The molecule has 0 atom stereocenters. The number of hydrogen-bond acceptors (Lipinski definition) is 2. The molecule has 0 unspecified atom stereocenters. The first-order valence-corrected chi connectivity index (χ1v) is 5.15. The van der Waals surface area contributed by atoms with Crippen LogP contribution in [0.15, 0.2) is 29.2 Å². The van der Waals surface area contributed by atoms with Gasteiger partial charge in [0.1, 0.15) is 0 Å². The van der Waals surface area contributed by atoms with Crippen LogP contribution in [-0.2, 0) is 4.79 Å². The van der Waals surface area contributed by atoms with Crippen LogP contribution in [0.4, 0.5) is 0 Å². The van der Waals surface area contributed by atoms with Gasteiger partial charge in [-0.25, -0.2) is 0 Å². The smallest absolute Gasteiger partial charge is 0.218 e. The highest BCUT2D eigenvalue weighted by Gasteiger charge is 1.96. The van der Waals surface area contributed by atoms with Crippen LogP contribution in [0.5, 0.6) is 0 Å². The summed E-state index contributed by atoms with van der Waals surface area (Å²) in [5.41, 5.74) is 6.28. The third-order valence-corrected chi connectivity index (χ3v) is 2.65. The van der Waals surface area contributed by atoms with E-state index in [9.17, 15) is 4.79 Å². The molecule has 2 N–H and O–H groups in total. The summed E-state index contributed by atoms with van der Waals surface area (Å²) in [6.45, 7) is 2.05. The lowest BCUT2D eigenvalue weighted by atomic mass is 10.2. The summed E-state index contributed by atoms with van der Waals surface area (Å²) in [7, 11) is 0. The van der Waals surface area contributed by atoms with E-state index in [2.05, 4.69) is 31.2 Å². The van der Waals surface area contributed by atoms with Gasteiger partial charge in [-0.3, -0.25) is 4.79 Å². The molecule has 1 amide bonds. The standard InChI is InChI=1S/C10H13NOS/c1-8-2-4-9(5-3-8)13-7-6-10(11)12/h2-5H,6-7H2,1H3,(H2,11,12). The molecule has 0 radical (unpaired) electrons. The fourth-order valence-electron chi connectivity index (χ4n) is 0.904. The van der Waals surface area contributed by atoms with Crippen LogP contribution in [0.3, 0.4) is 0 Å². The Kier molecular flexibility index (Phi) is 3.83. The van der Waals surface area contributed by atoms with Crippen LogP contribution in [-0.4, -0.2) is 11.7 Å². The number of nitrogens with two attached hydrogens (primary N) is 1. The van der Waals surface area contributed by atoms with E-state index >= 15 is 0 Å². The highest BCUT2D eigenvalue weighted by Crippen LogP contribution is 2.18. The van der Waals surface area contributed by atoms with Crippen molar-refractivity contribution in [3.63, 3.8) is 0 Å². The number of benzene rings is 1. The Labute approximate surface area is 82.5 Å². The Morgan fingerprint density at radius 3 is 2.54 bits per heavy atom. The summed E-state index contributed by atoms with van der Waals surface area (Å²) in [6.07, 6.45) is 0.443. The average Bonchev–Trinajstić information content (AvgIpc) is 2.08. The van der Waals surface area contributed by atoms with Gasteiger partial charge in [-0.1, -0.05) is 17.7 Å². The van der Waals surface area contributed by atoms with E-state index in [-0.39, 0.29) is 5.91 Å². The molecule has 0 aromatic heterocycles. The SMILES string of the molecule is Cc1ccc(SCCC(N)=O)cc1. The zero-order valence-corrected chi connectivity index (χ0v) is 8.43. The maximum Gasteiger partial charge on any atom is 0.218 e. The Balaban J connectivity index is 2.37. The van der Waals surface area contributed by atoms with Crippen molar-refractivity contribution >= 4 is 17.7 Å². The highest BCUT2D eigenvalue weighted by atomic mass is 32.2. The first-order valence-electron chi connectivity index (χ1n) is 4.16. The topological polar surface area (TPSA) is 43.1 Å². The number of aryl methyl sites for hydroxylation is 1. The van der Waals surface area contributed by atoms with Crippen LogP contribution in [0.2, 0.25) is 0 Å². The average molecular weight is 195 g/mol. The van der Waals surface area contributed by atoms with E-state index in [1.165, 1.54) is 10.5 Å². The maximum absolute atomic E-state index is 10.5. The minimum Gasteiger partial charge on any atom is -0.370 e. The predicted molar refractivity (Wildman–Crippen MR) is 55.7 cm³/mol. The van der Waals surface area contributed by atoms with Crippen LogP contribution < -0.4 is 5.73 Å². The minimum absolute atomic E-state index is 0.236. The largest absolute Gasteiger partial charge is 0.370 e. The zero-order valence-electron chi connectivity index (χ0n) is 7.62.